The predicted molar refractivity (Wildman–Crippen MR) is 87.5 cm³/mol. The first-order valence-corrected chi connectivity index (χ1v) is 7.22. The number of anilines is 1. The molecule has 0 saturated carbocycles. The van der Waals surface area contributed by atoms with Gasteiger partial charge in [-0.3, -0.25) is 4.79 Å². The predicted octanol–water partition coefficient (Wildman–Crippen LogP) is 2.76. The number of phenols is 1. The van der Waals surface area contributed by atoms with Gasteiger partial charge in [-0.1, -0.05) is 17.7 Å². The van der Waals surface area contributed by atoms with E-state index in [0.29, 0.717) is 11.3 Å². The summed E-state index contributed by atoms with van der Waals surface area (Å²) in [6.45, 7) is 3.20. The number of nitrogens with zero attached hydrogens (tertiary/aromatic N) is 1. The average molecular weight is 324 g/mol. The maximum Gasteiger partial charge on any atom is 0.342 e. The standard InChI is InChI=1S/C18H16N2O4/c1-11-6-7-16(21)15(8-11)18(23)24-12(2)17(22)20-14-5-3-4-13(9-14)10-19/h3-9,12,21H,1-2H3,(H,20,22)/t12-/m0/s1. The van der Waals surface area contributed by atoms with Crippen LogP contribution in [0.25, 0.3) is 0 Å². The number of nitrogens with one attached hydrogen (secondary N) is 1. The molecule has 0 aliphatic heterocycles. The molecule has 0 bridgehead atoms. The zero-order chi connectivity index (χ0) is 17.7. The highest BCUT2D eigenvalue weighted by Crippen LogP contribution is 2.20. The smallest absolute Gasteiger partial charge is 0.342 e. The Morgan fingerprint density at radius 2 is 2.00 bits per heavy atom. The van der Waals surface area contributed by atoms with Crippen molar-refractivity contribution in [1.29, 1.82) is 5.26 Å². The van der Waals surface area contributed by atoms with E-state index < -0.39 is 18.0 Å². The van der Waals surface area contributed by atoms with Crippen LogP contribution in [0.3, 0.4) is 0 Å². The summed E-state index contributed by atoms with van der Waals surface area (Å²) < 4.78 is 5.09. The molecule has 6 heteroatoms. The van der Waals surface area contributed by atoms with E-state index in [4.69, 9.17) is 10.00 Å². The second-order valence-corrected chi connectivity index (χ2v) is 5.25. The number of carbonyl (C=O) groups is 2. The van der Waals surface area contributed by atoms with Gasteiger partial charge in [-0.2, -0.15) is 5.26 Å². The van der Waals surface area contributed by atoms with Crippen LogP contribution in [0, 0.1) is 18.3 Å². The topological polar surface area (TPSA) is 99.4 Å². The van der Waals surface area contributed by atoms with Gasteiger partial charge in [-0.05, 0) is 44.2 Å². The third-order valence-corrected chi connectivity index (χ3v) is 3.28. The SMILES string of the molecule is Cc1ccc(O)c(C(=O)O[C@@H](C)C(=O)Nc2cccc(C#N)c2)c1. The molecule has 24 heavy (non-hydrogen) atoms. The lowest BCUT2D eigenvalue weighted by molar-refractivity contribution is -0.123. The fourth-order valence-electron chi connectivity index (χ4n) is 2.00. The number of esters is 1. The fourth-order valence-corrected chi connectivity index (χ4v) is 2.00. The molecule has 122 valence electrons. The van der Waals surface area contributed by atoms with Crippen LogP contribution in [0.2, 0.25) is 0 Å². The first-order valence-electron chi connectivity index (χ1n) is 7.22. The average Bonchev–Trinajstić information content (AvgIpc) is 2.57. The number of ether oxygens (including phenoxy) is 1. The molecule has 0 radical (unpaired) electrons. The van der Waals surface area contributed by atoms with Gasteiger partial charge in [0, 0.05) is 5.69 Å². The third-order valence-electron chi connectivity index (χ3n) is 3.28. The Hall–Kier alpha value is -3.33. The van der Waals surface area contributed by atoms with Crippen molar-refractivity contribution in [1.82, 2.24) is 0 Å². The van der Waals surface area contributed by atoms with E-state index in [1.807, 2.05) is 6.07 Å². The molecule has 2 N–H and O–H groups in total. The van der Waals surface area contributed by atoms with Crippen LogP contribution in [-0.4, -0.2) is 23.1 Å². The van der Waals surface area contributed by atoms with E-state index in [1.54, 1.807) is 31.2 Å². The fraction of sp³-hybridized carbons (Fsp3) is 0.167. The highest BCUT2D eigenvalue weighted by atomic mass is 16.5. The third kappa shape index (κ3) is 4.11. The van der Waals surface area contributed by atoms with Gasteiger partial charge in [0.1, 0.15) is 11.3 Å². The largest absolute Gasteiger partial charge is 0.507 e. The van der Waals surface area contributed by atoms with Gasteiger partial charge < -0.3 is 15.2 Å². The Balaban J connectivity index is 2.04. The number of aryl methyl sites for hydroxylation is 1. The number of carbonyl (C=O) groups excluding carboxylic acids is 2. The first-order chi connectivity index (χ1) is 11.4. The van der Waals surface area contributed by atoms with Crippen LogP contribution < -0.4 is 5.32 Å². The maximum atomic E-state index is 12.1. The summed E-state index contributed by atoms with van der Waals surface area (Å²) in [7, 11) is 0. The molecule has 0 heterocycles. The molecule has 0 unspecified atom stereocenters. The molecule has 0 spiro atoms. The summed E-state index contributed by atoms with van der Waals surface area (Å²) in [6.07, 6.45) is -1.07. The number of amides is 1. The zero-order valence-corrected chi connectivity index (χ0v) is 13.2. The van der Waals surface area contributed by atoms with Gasteiger partial charge in [0.2, 0.25) is 0 Å². The number of hydrogen-bond acceptors (Lipinski definition) is 5. The van der Waals surface area contributed by atoms with Crippen molar-refractivity contribution in [2.45, 2.75) is 20.0 Å². The second-order valence-electron chi connectivity index (χ2n) is 5.25. The van der Waals surface area contributed by atoms with Crippen molar-refractivity contribution < 1.29 is 19.4 Å². The van der Waals surface area contributed by atoms with Gasteiger partial charge in [-0.25, -0.2) is 4.79 Å². The van der Waals surface area contributed by atoms with Crippen molar-refractivity contribution >= 4 is 17.6 Å². The van der Waals surface area contributed by atoms with E-state index in [2.05, 4.69) is 5.32 Å². The van der Waals surface area contributed by atoms with Crippen LogP contribution in [0.4, 0.5) is 5.69 Å². The summed E-state index contributed by atoms with van der Waals surface area (Å²) in [5.41, 5.74) is 1.62. The Morgan fingerprint density at radius 1 is 1.25 bits per heavy atom. The van der Waals surface area contributed by atoms with Crippen molar-refractivity contribution in [3.63, 3.8) is 0 Å². The van der Waals surface area contributed by atoms with Crippen LogP contribution in [0.15, 0.2) is 42.5 Å². The highest BCUT2D eigenvalue weighted by Gasteiger charge is 2.21. The van der Waals surface area contributed by atoms with Crippen molar-refractivity contribution in [3.05, 3.63) is 59.2 Å². The summed E-state index contributed by atoms with van der Waals surface area (Å²) in [5.74, 6) is -1.53. The van der Waals surface area contributed by atoms with Crippen LogP contribution >= 0.6 is 0 Å². The van der Waals surface area contributed by atoms with E-state index in [9.17, 15) is 14.7 Å². The summed E-state index contributed by atoms with van der Waals surface area (Å²) >= 11 is 0. The number of rotatable bonds is 4. The normalized spacial score (nSPS) is 11.2. The molecule has 0 saturated heterocycles. The van der Waals surface area contributed by atoms with Gasteiger partial charge in [-0.15, -0.1) is 0 Å². The zero-order valence-electron chi connectivity index (χ0n) is 13.2. The number of aromatic hydroxyl groups is 1. The Kier molecular flexibility index (Phi) is 5.17. The number of nitriles is 1. The van der Waals surface area contributed by atoms with E-state index in [-0.39, 0.29) is 11.3 Å². The monoisotopic (exact) mass is 324 g/mol. The molecular formula is C18H16N2O4. The minimum atomic E-state index is -1.07. The Labute approximate surface area is 139 Å². The molecule has 0 fully saturated rings. The van der Waals surface area contributed by atoms with Gasteiger partial charge >= 0.3 is 5.97 Å². The maximum absolute atomic E-state index is 12.1. The summed E-state index contributed by atoms with van der Waals surface area (Å²) in [4.78, 5) is 24.2. The number of phenolic OH excluding ortho intramolecular Hbond substituents is 1. The first kappa shape index (κ1) is 17.0. The molecule has 1 atom stereocenters. The quantitative estimate of drug-likeness (QED) is 0.842. The van der Waals surface area contributed by atoms with E-state index >= 15 is 0 Å². The van der Waals surface area contributed by atoms with Crippen molar-refractivity contribution in [2.75, 3.05) is 5.32 Å². The molecule has 0 aliphatic rings. The molecule has 2 rings (SSSR count). The Bertz CT molecular complexity index is 824. The van der Waals surface area contributed by atoms with Crippen LogP contribution in [-0.2, 0) is 9.53 Å². The second kappa shape index (κ2) is 7.29. The number of hydrogen-bond donors (Lipinski definition) is 2. The molecule has 6 nitrogen and oxygen atoms in total. The molecular weight excluding hydrogens is 308 g/mol. The van der Waals surface area contributed by atoms with E-state index in [0.717, 1.165) is 5.56 Å². The van der Waals surface area contributed by atoms with Gasteiger partial charge in [0.15, 0.2) is 6.10 Å². The lowest BCUT2D eigenvalue weighted by Gasteiger charge is -2.14. The Morgan fingerprint density at radius 3 is 2.71 bits per heavy atom. The molecule has 2 aromatic rings. The van der Waals surface area contributed by atoms with Gasteiger partial charge in [0.25, 0.3) is 5.91 Å². The molecule has 1 amide bonds. The lowest BCUT2D eigenvalue weighted by Crippen LogP contribution is -2.30. The minimum absolute atomic E-state index is 0.00104. The molecule has 0 aliphatic carbocycles. The van der Waals surface area contributed by atoms with Crippen molar-refractivity contribution in [3.8, 4) is 11.8 Å². The minimum Gasteiger partial charge on any atom is -0.507 e. The van der Waals surface area contributed by atoms with Crippen LogP contribution in [0.1, 0.15) is 28.4 Å². The summed E-state index contributed by atoms with van der Waals surface area (Å²) in [5, 5.41) is 21.1. The summed E-state index contributed by atoms with van der Waals surface area (Å²) in [6, 6.07) is 12.9. The molecule has 0 aromatic heterocycles. The van der Waals surface area contributed by atoms with E-state index in [1.165, 1.54) is 25.1 Å². The number of benzene rings is 2. The highest BCUT2D eigenvalue weighted by molar-refractivity contribution is 5.98. The molecule has 2 aromatic carbocycles. The van der Waals surface area contributed by atoms with Crippen LogP contribution in [0.5, 0.6) is 5.75 Å². The van der Waals surface area contributed by atoms with Gasteiger partial charge in [0.05, 0.1) is 11.6 Å². The van der Waals surface area contributed by atoms with Crippen molar-refractivity contribution in [2.24, 2.45) is 0 Å². The lowest BCUT2D eigenvalue weighted by atomic mass is 10.1.